The number of carboxylic acids is 1. The summed E-state index contributed by atoms with van der Waals surface area (Å²) in [6.07, 6.45) is 0. The first-order valence-electron chi connectivity index (χ1n) is 5.40. The molecule has 4 nitrogen and oxygen atoms in total. The van der Waals surface area contributed by atoms with Crippen LogP contribution in [0.3, 0.4) is 0 Å². The van der Waals surface area contributed by atoms with Crippen LogP contribution in [-0.4, -0.2) is 38.0 Å². The molecule has 0 amide bonds. The maximum Gasteiger partial charge on any atom is 0.309 e. The Balaban J connectivity index is -0.00000144. The molecule has 122 valence electrons. The van der Waals surface area contributed by atoms with Crippen LogP contribution in [0.1, 0.15) is 42.5 Å². The number of carboxylic acid groups (broad SMARTS) is 1. The van der Waals surface area contributed by atoms with E-state index in [1.165, 1.54) is 23.5 Å². The summed E-state index contributed by atoms with van der Waals surface area (Å²) >= 11 is 8.06. The second-order valence-corrected chi connectivity index (χ2v) is 8.61. The van der Waals surface area contributed by atoms with Gasteiger partial charge < -0.3 is 5.11 Å². The molecule has 0 aromatic carbocycles. The zero-order valence-corrected chi connectivity index (χ0v) is 13.5. The summed E-state index contributed by atoms with van der Waals surface area (Å²) in [4.78, 5) is 15.1. The highest BCUT2D eigenvalue weighted by Crippen LogP contribution is 2.30. The molecule has 0 heterocycles. The molecule has 7 heteroatoms. The van der Waals surface area contributed by atoms with Crippen molar-refractivity contribution in [3.63, 3.8) is 0 Å². The number of hydrogen-bond acceptors (Lipinski definition) is 6. The molecule has 0 saturated carbocycles. The highest BCUT2D eigenvalue weighted by atomic mass is 32.2. The molecule has 0 aliphatic heterocycles. The van der Waals surface area contributed by atoms with E-state index in [1.54, 1.807) is 13.8 Å². The van der Waals surface area contributed by atoms with E-state index in [4.69, 9.17) is 22.6 Å². The number of aliphatic carboxylic acids is 1. The lowest BCUT2D eigenvalue weighted by Gasteiger charge is -2.22. The lowest BCUT2D eigenvalue weighted by molar-refractivity contribution is -0.257. The Labute approximate surface area is 137 Å². The zero-order chi connectivity index (χ0) is 14.4. The maximum absolute atomic E-state index is 10.9. The zero-order valence-electron chi connectivity index (χ0n) is 11.1. The third-order valence-electron chi connectivity index (χ3n) is 2.17. The molecule has 0 aliphatic rings. The third kappa shape index (κ3) is 10.9. The quantitative estimate of drug-likeness (QED) is 0.396. The van der Waals surface area contributed by atoms with Gasteiger partial charge in [-0.25, -0.2) is 4.89 Å². The fourth-order valence-corrected chi connectivity index (χ4v) is 3.05. The number of hydrogen-bond donors (Lipinski definition) is 2. The van der Waals surface area contributed by atoms with Gasteiger partial charge >= 0.3 is 5.97 Å². The molecule has 0 radical (unpaired) electrons. The topological polar surface area (TPSA) is 66.8 Å². The Bertz CT molecular complexity index is 304. The lowest BCUT2D eigenvalue weighted by Crippen LogP contribution is -2.26. The van der Waals surface area contributed by atoms with E-state index in [2.05, 4.69) is 4.89 Å². The van der Waals surface area contributed by atoms with Crippen LogP contribution >= 0.6 is 35.7 Å². The van der Waals surface area contributed by atoms with E-state index in [0.717, 1.165) is 3.53 Å². The highest BCUT2D eigenvalue weighted by molar-refractivity contribution is 8.47. The van der Waals surface area contributed by atoms with Crippen molar-refractivity contribution in [2.45, 2.75) is 42.5 Å². The van der Waals surface area contributed by atoms with E-state index >= 15 is 0 Å². The summed E-state index contributed by atoms with van der Waals surface area (Å²) in [6, 6.07) is 0. The van der Waals surface area contributed by atoms with E-state index in [9.17, 15) is 4.79 Å². The smallest absolute Gasteiger partial charge is 0.309 e. The van der Waals surface area contributed by atoms with Gasteiger partial charge in [0, 0.05) is 16.9 Å². The Morgan fingerprint density at radius 1 is 1.15 bits per heavy atom. The molecular formula is C13H28O4S3. The minimum absolute atomic E-state index is 0. The van der Waals surface area contributed by atoms with Crippen LogP contribution in [0.2, 0.25) is 0 Å². The van der Waals surface area contributed by atoms with E-state index in [1.807, 2.05) is 13.8 Å². The first-order chi connectivity index (χ1) is 8.10. The number of thioether (sulfide) groups is 2. The highest BCUT2D eigenvalue weighted by Gasteiger charge is 2.28. The molecule has 0 saturated heterocycles. The molecule has 0 spiro atoms. The Hall–Kier alpha value is 0.180. The van der Waals surface area contributed by atoms with Gasteiger partial charge in [-0.2, -0.15) is 0 Å². The van der Waals surface area contributed by atoms with Gasteiger partial charge in [-0.15, -0.1) is 23.5 Å². The van der Waals surface area contributed by atoms with Gasteiger partial charge in [-0.05, 0) is 13.8 Å². The summed E-state index contributed by atoms with van der Waals surface area (Å²) in [6.45, 7) is 7.53. The lowest BCUT2D eigenvalue weighted by atomic mass is 9.97. The molecule has 0 rings (SSSR count). The predicted octanol–water partition coefficient (Wildman–Crippen LogP) is 4.64. The van der Waals surface area contributed by atoms with Crippen molar-refractivity contribution in [1.82, 2.24) is 0 Å². The Morgan fingerprint density at radius 2 is 1.60 bits per heavy atom. The minimum Gasteiger partial charge on any atom is -0.481 e. The molecular weight excluding hydrogens is 316 g/mol. The second-order valence-electron chi connectivity index (χ2n) is 5.45. The summed E-state index contributed by atoms with van der Waals surface area (Å²) < 4.78 is 0.718. The summed E-state index contributed by atoms with van der Waals surface area (Å²) in [5, 5.41) is 17.4. The average Bonchev–Trinajstić information content (AvgIpc) is 2.23. The monoisotopic (exact) mass is 344 g/mol. The van der Waals surface area contributed by atoms with Gasteiger partial charge in [-0.1, -0.05) is 40.9 Å². The van der Waals surface area contributed by atoms with Crippen LogP contribution in [0.25, 0.3) is 0 Å². The van der Waals surface area contributed by atoms with Crippen molar-refractivity contribution >= 4 is 45.2 Å². The molecule has 0 bridgehead atoms. The third-order valence-corrected chi connectivity index (χ3v) is 5.84. The summed E-state index contributed by atoms with van der Waals surface area (Å²) in [7, 11) is 0. The summed E-state index contributed by atoms with van der Waals surface area (Å²) in [5.74, 6) is 0.342. The van der Waals surface area contributed by atoms with Crippen molar-refractivity contribution in [2.75, 3.05) is 18.1 Å². The SMILES string of the molecule is C.C.CC(C)(COO)CSC(=S)SCC(C)(C)C(=O)O. The van der Waals surface area contributed by atoms with Crippen molar-refractivity contribution in [2.24, 2.45) is 10.8 Å². The van der Waals surface area contributed by atoms with Crippen molar-refractivity contribution in [1.29, 1.82) is 0 Å². The van der Waals surface area contributed by atoms with Crippen LogP contribution in [0.15, 0.2) is 0 Å². The molecule has 2 N–H and O–H groups in total. The molecule has 0 aromatic heterocycles. The van der Waals surface area contributed by atoms with E-state index in [0.29, 0.717) is 11.5 Å². The number of carbonyl (C=O) groups is 1. The second kappa shape index (κ2) is 10.8. The Kier molecular flexibility index (Phi) is 13.6. The molecule has 20 heavy (non-hydrogen) atoms. The first kappa shape index (κ1) is 25.2. The fraction of sp³-hybridized carbons (Fsp3) is 0.846. The van der Waals surface area contributed by atoms with Crippen molar-refractivity contribution in [3.8, 4) is 0 Å². The van der Waals surface area contributed by atoms with Crippen molar-refractivity contribution < 1.29 is 20.0 Å². The minimum atomic E-state index is -0.822. The normalized spacial score (nSPS) is 11.2. The maximum atomic E-state index is 10.9. The first-order valence-corrected chi connectivity index (χ1v) is 7.78. The molecule has 0 fully saturated rings. The van der Waals surface area contributed by atoms with Gasteiger partial charge in [0.2, 0.25) is 0 Å². The molecule has 0 aromatic rings. The van der Waals surface area contributed by atoms with E-state index in [-0.39, 0.29) is 26.9 Å². The standard InChI is InChI=1S/C11H20O4S3.2CH4/c1-10(2,5-15-14)6-17-9(16)18-7-11(3,4)8(12)13;;/h14H,5-7H2,1-4H3,(H,12,13);2*1H4. The van der Waals surface area contributed by atoms with Crippen molar-refractivity contribution in [3.05, 3.63) is 0 Å². The van der Waals surface area contributed by atoms with Gasteiger partial charge in [0.25, 0.3) is 0 Å². The molecule has 0 aliphatic carbocycles. The largest absolute Gasteiger partial charge is 0.481 e. The van der Waals surface area contributed by atoms with Crippen LogP contribution in [0.4, 0.5) is 0 Å². The number of thiocarbonyl (C=S) groups is 1. The average molecular weight is 345 g/mol. The van der Waals surface area contributed by atoms with Crippen LogP contribution in [0, 0.1) is 10.8 Å². The van der Waals surface area contributed by atoms with E-state index < -0.39 is 11.4 Å². The van der Waals surface area contributed by atoms with Gasteiger partial charge in [0.15, 0.2) is 0 Å². The van der Waals surface area contributed by atoms with Gasteiger partial charge in [0.05, 0.1) is 12.0 Å². The molecule has 0 unspecified atom stereocenters. The molecule has 0 atom stereocenters. The summed E-state index contributed by atoms with van der Waals surface area (Å²) in [5.41, 5.74) is -0.953. The van der Waals surface area contributed by atoms with Crippen LogP contribution < -0.4 is 0 Å². The predicted molar refractivity (Wildman–Crippen MR) is 94.8 cm³/mol. The van der Waals surface area contributed by atoms with Gasteiger partial charge in [-0.3, -0.25) is 10.1 Å². The number of rotatable bonds is 7. The fourth-order valence-electron chi connectivity index (χ4n) is 0.813. The van der Waals surface area contributed by atoms with Gasteiger partial charge in [0.1, 0.15) is 3.53 Å². The Morgan fingerprint density at radius 3 is 2.00 bits per heavy atom. The van der Waals surface area contributed by atoms with Crippen LogP contribution in [0.5, 0.6) is 0 Å². The van der Waals surface area contributed by atoms with Crippen LogP contribution in [-0.2, 0) is 9.68 Å².